The van der Waals surface area contributed by atoms with Crippen LogP contribution in [0.4, 0.5) is 0 Å². The molecule has 0 spiro atoms. The highest BCUT2D eigenvalue weighted by Crippen LogP contribution is 2.38. The number of benzene rings is 1. The van der Waals surface area contributed by atoms with Gasteiger partial charge in [0, 0.05) is 11.6 Å². The lowest BCUT2D eigenvalue weighted by Crippen LogP contribution is -2.53. The number of hydrogen-bond acceptors (Lipinski definition) is 3. The summed E-state index contributed by atoms with van der Waals surface area (Å²) in [6.07, 6.45) is 4.79. The Bertz CT molecular complexity index is 406. The standard InChI is InChI=1S/C17H28N2O/c1-4-17(5-2,19-12-6-7-13-19)16(18)14-8-10-15(20-3)11-9-14/h8-11,16H,4-7,12-13,18H2,1-3H3. The van der Waals surface area contributed by atoms with Gasteiger partial charge in [0.25, 0.3) is 0 Å². The van der Waals surface area contributed by atoms with E-state index in [9.17, 15) is 0 Å². The fourth-order valence-corrected chi connectivity index (χ4v) is 3.62. The first-order valence-electron chi connectivity index (χ1n) is 7.82. The topological polar surface area (TPSA) is 38.5 Å². The molecule has 2 rings (SSSR count). The van der Waals surface area contributed by atoms with E-state index < -0.39 is 0 Å². The Balaban J connectivity index is 2.27. The van der Waals surface area contributed by atoms with Crippen molar-refractivity contribution in [2.75, 3.05) is 20.2 Å². The first-order valence-corrected chi connectivity index (χ1v) is 7.82. The van der Waals surface area contributed by atoms with E-state index >= 15 is 0 Å². The lowest BCUT2D eigenvalue weighted by Gasteiger charge is -2.45. The summed E-state index contributed by atoms with van der Waals surface area (Å²) in [5, 5.41) is 0. The molecule has 0 bridgehead atoms. The van der Waals surface area contributed by atoms with Gasteiger partial charge < -0.3 is 10.5 Å². The van der Waals surface area contributed by atoms with Gasteiger partial charge in [-0.05, 0) is 56.5 Å². The molecule has 0 aromatic heterocycles. The molecule has 20 heavy (non-hydrogen) atoms. The largest absolute Gasteiger partial charge is 0.497 e. The van der Waals surface area contributed by atoms with Gasteiger partial charge in [-0.25, -0.2) is 0 Å². The van der Waals surface area contributed by atoms with Crippen molar-refractivity contribution in [3.05, 3.63) is 29.8 Å². The second-order valence-electron chi connectivity index (χ2n) is 5.76. The summed E-state index contributed by atoms with van der Waals surface area (Å²) < 4.78 is 5.24. The van der Waals surface area contributed by atoms with E-state index in [2.05, 4.69) is 30.9 Å². The number of likely N-dealkylation sites (tertiary alicyclic amines) is 1. The number of hydrogen-bond donors (Lipinski definition) is 1. The van der Waals surface area contributed by atoms with Gasteiger partial charge in [-0.2, -0.15) is 0 Å². The van der Waals surface area contributed by atoms with E-state index in [1.807, 2.05) is 12.1 Å². The maximum atomic E-state index is 6.68. The van der Waals surface area contributed by atoms with Crippen molar-refractivity contribution < 1.29 is 4.74 Å². The Labute approximate surface area is 123 Å². The zero-order valence-corrected chi connectivity index (χ0v) is 13.1. The molecule has 1 atom stereocenters. The van der Waals surface area contributed by atoms with Crippen LogP contribution in [0.3, 0.4) is 0 Å². The van der Waals surface area contributed by atoms with Crippen LogP contribution in [0.25, 0.3) is 0 Å². The maximum Gasteiger partial charge on any atom is 0.118 e. The zero-order valence-electron chi connectivity index (χ0n) is 13.1. The molecule has 2 N–H and O–H groups in total. The Morgan fingerprint density at radius 3 is 2.15 bits per heavy atom. The van der Waals surface area contributed by atoms with Gasteiger partial charge in [0.1, 0.15) is 5.75 Å². The average molecular weight is 276 g/mol. The highest BCUT2D eigenvalue weighted by molar-refractivity contribution is 5.31. The predicted molar refractivity (Wildman–Crippen MR) is 84.0 cm³/mol. The van der Waals surface area contributed by atoms with Crippen molar-refractivity contribution in [2.24, 2.45) is 5.73 Å². The summed E-state index contributed by atoms with van der Waals surface area (Å²) in [6, 6.07) is 8.30. The van der Waals surface area contributed by atoms with Crippen molar-refractivity contribution in [1.82, 2.24) is 4.90 Å². The minimum atomic E-state index is 0.0570. The summed E-state index contributed by atoms with van der Waals surface area (Å²) >= 11 is 0. The molecule has 1 unspecified atom stereocenters. The number of nitrogens with zero attached hydrogens (tertiary/aromatic N) is 1. The molecule has 3 heteroatoms. The Morgan fingerprint density at radius 1 is 1.15 bits per heavy atom. The van der Waals surface area contributed by atoms with Crippen molar-refractivity contribution in [3.8, 4) is 5.75 Å². The highest BCUT2D eigenvalue weighted by Gasteiger charge is 2.40. The van der Waals surface area contributed by atoms with E-state index in [-0.39, 0.29) is 11.6 Å². The number of ether oxygens (including phenoxy) is 1. The average Bonchev–Trinajstić information content (AvgIpc) is 3.04. The van der Waals surface area contributed by atoms with Crippen LogP contribution in [-0.4, -0.2) is 30.6 Å². The van der Waals surface area contributed by atoms with Gasteiger partial charge in [0.05, 0.1) is 7.11 Å². The Kier molecular flexibility index (Phi) is 5.06. The molecular formula is C17H28N2O. The fraction of sp³-hybridized carbons (Fsp3) is 0.647. The van der Waals surface area contributed by atoms with E-state index in [4.69, 9.17) is 10.5 Å². The molecule has 0 amide bonds. The molecule has 112 valence electrons. The van der Waals surface area contributed by atoms with Crippen LogP contribution in [0.15, 0.2) is 24.3 Å². The Hall–Kier alpha value is -1.06. The summed E-state index contributed by atoms with van der Waals surface area (Å²) in [7, 11) is 1.70. The van der Waals surface area contributed by atoms with Crippen molar-refractivity contribution in [2.45, 2.75) is 51.1 Å². The third-order valence-electron chi connectivity index (χ3n) is 5.01. The van der Waals surface area contributed by atoms with Gasteiger partial charge in [-0.1, -0.05) is 26.0 Å². The van der Waals surface area contributed by atoms with Crippen LogP contribution in [0, 0.1) is 0 Å². The molecule has 0 saturated carbocycles. The Morgan fingerprint density at radius 2 is 1.70 bits per heavy atom. The molecule has 0 radical (unpaired) electrons. The third-order valence-corrected chi connectivity index (χ3v) is 5.01. The van der Waals surface area contributed by atoms with Crippen LogP contribution in [-0.2, 0) is 0 Å². The lowest BCUT2D eigenvalue weighted by molar-refractivity contribution is 0.0766. The molecule has 1 fully saturated rings. The third kappa shape index (κ3) is 2.70. The molecule has 1 heterocycles. The molecule has 0 aliphatic carbocycles. The molecule has 1 aliphatic heterocycles. The summed E-state index contributed by atoms with van der Waals surface area (Å²) in [5.74, 6) is 0.890. The SMILES string of the molecule is CCC(CC)(C(N)c1ccc(OC)cc1)N1CCCC1. The van der Waals surface area contributed by atoms with Crippen LogP contribution in [0.5, 0.6) is 5.75 Å². The van der Waals surface area contributed by atoms with Gasteiger partial charge in [0.15, 0.2) is 0 Å². The second kappa shape index (κ2) is 6.59. The van der Waals surface area contributed by atoms with Crippen molar-refractivity contribution in [3.63, 3.8) is 0 Å². The summed E-state index contributed by atoms with van der Waals surface area (Å²) in [6.45, 7) is 6.91. The zero-order chi connectivity index (χ0) is 14.6. The van der Waals surface area contributed by atoms with E-state index in [1.54, 1.807) is 7.11 Å². The van der Waals surface area contributed by atoms with Gasteiger partial charge in [0.2, 0.25) is 0 Å². The summed E-state index contributed by atoms with van der Waals surface area (Å²) in [5.41, 5.74) is 7.98. The normalized spacial score (nSPS) is 18.2. The van der Waals surface area contributed by atoms with Crippen LogP contribution < -0.4 is 10.5 Å². The number of rotatable bonds is 6. The smallest absolute Gasteiger partial charge is 0.118 e. The van der Waals surface area contributed by atoms with E-state index in [0.717, 1.165) is 18.6 Å². The van der Waals surface area contributed by atoms with Crippen LogP contribution in [0.1, 0.15) is 51.1 Å². The number of methoxy groups -OCH3 is 1. The quantitative estimate of drug-likeness (QED) is 0.866. The van der Waals surface area contributed by atoms with Crippen LogP contribution in [0.2, 0.25) is 0 Å². The van der Waals surface area contributed by atoms with Crippen LogP contribution >= 0.6 is 0 Å². The second-order valence-corrected chi connectivity index (χ2v) is 5.76. The summed E-state index contributed by atoms with van der Waals surface area (Å²) in [4.78, 5) is 2.61. The lowest BCUT2D eigenvalue weighted by atomic mass is 9.80. The molecule has 1 aromatic carbocycles. The van der Waals surface area contributed by atoms with E-state index in [0.29, 0.717) is 0 Å². The first kappa shape index (κ1) is 15.3. The van der Waals surface area contributed by atoms with E-state index in [1.165, 1.54) is 31.5 Å². The molecule has 3 nitrogen and oxygen atoms in total. The van der Waals surface area contributed by atoms with Gasteiger partial charge >= 0.3 is 0 Å². The molecule has 1 aromatic rings. The minimum absolute atomic E-state index is 0.0570. The predicted octanol–water partition coefficient (Wildman–Crippen LogP) is 3.35. The number of nitrogens with two attached hydrogens (primary N) is 1. The molecule has 1 aliphatic rings. The van der Waals surface area contributed by atoms with Gasteiger partial charge in [-0.3, -0.25) is 4.90 Å². The fourth-order valence-electron chi connectivity index (χ4n) is 3.62. The molecule has 1 saturated heterocycles. The van der Waals surface area contributed by atoms with Crippen molar-refractivity contribution in [1.29, 1.82) is 0 Å². The van der Waals surface area contributed by atoms with Gasteiger partial charge in [-0.15, -0.1) is 0 Å². The minimum Gasteiger partial charge on any atom is -0.497 e. The monoisotopic (exact) mass is 276 g/mol. The van der Waals surface area contributed by atoms with Crippen molar-refractivity contribution >= 4 is 0 Å². The molecular weight excluding hydrogens is 248 g/mol. The first-order chi connectivity index (χ1) is 9.67. The highest BCUT2D eigenvalue weighted by atomic mass is 16.5. The maximum absolute atomic E-state index is 6.68.